The van der Waals surface area contributed by atoms with Gasteiger partial charge in [0.25, 0.3) is 0 Å². The van der Waals surface area contributed by atoms with Crippen LogP contribution in [-0.4, -0.2) is 37.4 Å². The molecule has 0 saturated carbocycles. The molecule has 20 heteroatoms. The third kappa shape index (κ3) is 8.99. The fourth-order valence-corrected chi connectivity index (χ4v) is 6.01. The van der Waals surface area contributed by atoms with E-state index in [4.69, 9.17) is 17.2 Å². The van der Waals surface area contributed by atoms with Crippen LogP contribution < -0.4 is 81.7 Å². The van der Waals surface area contributed by atoms with E-state index >= 15 is 0 Å². The first-order valence-electron chi connectivity index (χ1n) is 14.2. The number of Topliss-reactive ketones (excluding diaryl/α,β-unsaturated/α-hetero) is 1. The molecule has 0 unspecified atom stereocenters. The van der Waals surface area contributed by atoms with Crippen LogP contribution in [0.3, 0.4) is 0 Å². The number of fused-ring (bicyclic) bond motifs is 2. The number of rotatable bonds is 8. The maximum atomic E-state index is 13.5. The van der Waals surface area contributed by atoms with E-state index in [0.717, 1.165) is 12.1 Å². The summed E-state index contributed by atoms with van der Waals surface area (Å²) in [5.41, 5.74) is 22.3. The Morgan fingerprint density at radius 1 is 0.615 bits per heavy atom. The van der Waals surface area contributed by atoms with Crippen LogP contribution in [0.15, 0.2) is 126 Å². The van der Waals surface area contributed by atoms with Crippen LogP contribution in [0, 0.1) is 0 Å². The van der Waals surface area contributed by atoms with Gasteiger partial charge in [-0.15, -0.1) is 10.2 Å². The van der Waals surface area contributed by atoms with Crippen LogP contribution in [0.25, 0.3) is 16.8 Å². The third-order valence-electron chi connectivity index (χ3n) is 7.34. The maximum Gasteiger partial charge on any atom is 1.00 e. The molecule has 5 aromatic carbocycles. The molecule has 0 saturated heterocycles. The van der Waals surface area contributed by atoms with Gasteiger partial charge < -0.3 is 26.3 Å². The molecule has 0 spiro atoms. The number of nitrogen functional groups attached to an aromatic ring is 3. The van der Waals surface area contributed by atoms with Crippen molar-refractivity contribution < 1.29 is 89.9 Å². The van der Waals surface area contributed by atoms with Crippen molar-refractivity contribution >= 4 is 94.1 Å². The Labute approximate surface area is 341 Å². The molecule has 0 heterocycles. The van der Waals surface area contributed by atoms with Crippen molar-refractivity contribution in [1.29, 1.82) is 0 Å². The van der Waals surface area contributed by atoms with E-state index in [1.807, 2.05) is 0 Å². The summed E-state index contributed by atoms with van der Waals surface area (Å²) in [6.07, 6.45) is 1.05. The van der Waals surface area contributed by atoms with Gasteiger partial charge >= 0.3 is 59.1 Å². The largest absolute Gasteiger partial charge is 1.00 e. The molecule has 0 fully saturated rings. The number of azo groups is 2. The van der Waals surface area contributed by atoms with E-state index in [1.54, 1.807) is 18.2 Å². The summed E-state index contributed by atoms with van der Waals surface area (Å²) in [5.74, 6) is -0.845. The monoisotopic (exact) mass is 755 g/mol. The number of hydrogen-bond donors (Lipinski definition) is 4. The molecule has 1 aliphatic rings. The third-order valence-corrected chi connectivity index (χ3v) is 9.02. The van der Waals surface area contributed by atoms with Crippen LogP contribution in [0.1, 0.15) is 15.9 Å². The fourth-order valence-electron chi connectivity index (χ4n) is 4.86. The smallest absolute Gasteiger partial charge is 0.744 e. The van der Waals surface area contributed by atoms with Gasteiger partial charge in [0, 0.05) is 27.7 Å². The van der Waals surface area contributed by atoms with E-state index in [9.17, 15) is 30.7 Å². The predicted molar refractivity (Wildman–Crippen MR) is 186 cm³/mol. The number of ketones is 1. The number of nitrogens with zero attached hydrogens (tertiary/aromatic N) is 5. The van der Waals surface area contributed by atoms with Gasteiger partial charge in [-0.1, -0.05) is 12.1 Å². The predicted octanol–water partition coefficient (Wildman–Crippen LogP) is -0.120. The van der Waals surface area contributed by atoms with Gasteiger partial charge in [-0.05, 0) is 90.5 Å². The van der Waals surface area contributed by atoms with Crippen molar-refractivity contribution in [3.8, 4) is 0 Å². The molecule has 252 valence electrons. The molecule has 5 aromatic rings. The quantitative estimate of drug-likeness (QED) is 0.0532. The Morgan fingerprint density at radius 2 is 1.27 bits per heavy atom. The summed E-state index contributed by atoms with van der Waals surface area (Å²) in [7, 11) is -9.85. The molecule has 52 heavy (non-hydrogen) atoms. The van der Waals surface area contributed by atoms with Gasteiger partial charge in [-0.3, -0.25) is 10.2 Å². The minimum Gasteiger partial charge on any atom is -0.744 e. The number of anilines is 4. The standard InChI is InChI=1S/C32H25N9O7S2.2Na/c33-18-2-11-29(27(35)14-18)40-38-21-3-1-17-13-30(50(46,47)48)31(32(42)24(17)15-21)41-37-20-6-4-19(5-7-20)36-39-28-12-10-26(34)23-9-8-22(16-25(23)28)49(43,44)45;;/h1-16,37H,33-35H2,(H,43,44,45)(H,46,47,48);;/q;2*+1/p-2/b39-36?,40-38?,41-31-;;. The molecule has 0 aromatic heterocycles. The molecular formula is C32H23N9Na2O7S2. The van der Waals surface area contributed by atoms with Crippen molar-refractivity contribution in [3.63, 3.8) is 0 Å². The molecule has 0 radical (unpaired) electrons. The van der Waals surface area contributed by atoms with Crippen molar-refractivity contribution in [1.82, 2.24) is 0 Å². The molecule has 16 nitrogen and oxygen atoms in total. The van der Waals surface area contributed by atoms with Gasteiger partial charge in [0.2, 0.25) is 5.78 Å². The second kappa shape index (κ2) is 16.1. The number of carbonyl (C=O) groups is 1. The second-order valence-corrected chi connectivity index (χ2v) is 13.5. The molecular weight excluding hydrogens is 733 g/mol. The zero-order valence-electron chi connectivity index (χ0n) is 27.4. The number of nitrogens with one attached hydrogen (secondary N) is 1. The maximum absolute atomic E-state index is 13.5. The first kappa shape index (κ1) is 40.4. The number of benzene rings is 5. The molecule has 6 rings (SSSR count). The van der Waals surface area contributed by atoms with Gasteiger partial charge in [-0.25, -0.2) is 16.8 Å². The van der Waals surface area contributed by atoms with E-state index in [1.165, 1.54) is 66.7 Å². The summed E-state index contributed by atoms with van der Waals surface area (Å²) in [6.45, 7) is 0. The second-order valence-electron chi connectivity index (χ2n) is 10.7. The van der Waals surface area contributed by atoms with E-state index in [0.29, 0.717) is 39.2 Å². The fraction of sp³-hybridized carbons (Fsp3) is 0. The van der Waals surface area contributed by atoms with E-state index in [-0.39, 0.29) is 87.3 Å². The Morgan fingerprint density at radius 3 is 1.94 bits per heavy atom. The first-order valence-corrected chi connectivity index (χ1v) is 17.1. The van der Waals surface area contributed by atoms with Gasteiger partial charge in [-0.2, -0.15) is 15.3 Å². The SMILES string of the molecule is Nc1ccc(N=Nc2ccc3c(c2)C(=O)/C(=N\Nc2ccc(N=Nc4ccc(N)c5ccc(S(=O)(=O)[O-])cc45)cc2)C(S(=O)(=O)[O-])=C3)c(N)c1.[Na+].[Na+]. The summed E-state index contributed by atoms with van der Waals surface area (Å²) in [4.78, 5) is 12.2. The van der Waals surface area contributed by atoms with Crippen LogP contribution in [-0.2, 0) is 20.2 Å². The van der Waals surface area contributed by atoms with Gasteiger partial charge in [0.1, 0.15) is 31.6 Å². The van der Waals surface area contributed by atoms with Crippen molar-refractivity contribution in [2.24, 2.45) is 25.6 Å². The minimum absolute atomic E-state index is 0. The number of hydrogen-bond acceptors (Lipinski definition) is 16. The molecule has 7 N–H and O–H groups in total. The summed E-state index contributed by atoms with van der Waals surface area (Å²) >= 11 is 0. The van der Waals surface area contributed by atoms with E-state index in [2.05, 4.69) is 31.0 Å². The normalized spacial score (nSPS) is 13.8. The Balaban J connectivity index is 0.00000302. The number of hydrazone groups is 1. The summed E-state index contributed by atoms with van der Waals surface area (Å²) < 4.78 is 71.0. The zero-order chi connectivity index (χ0) is 35.8. The molecule has 1 aliphatic carbocycles. The van der Waals surface area contributed by atoms with Crippen molar-refractivity contribution in [2.45, 2.75) is 4.90 Å². The van der Waals surface area contributed by atoms with Crippen LogP contribution in [0.5, 0.6) is 0 Å². The van der Waals surface area contributed by atoms with Crippen LogP contribution >= 0.6 is 0 Å². The zero-order valence-corrected chi connectivity index (χ0v) is 33.0. The number of allylic oxidation sites excluding steroid dienone is 1. The average Bonchev–Trinajstić information content (AvgIpc) is 3.07. The first-order chi connectivity index (χ1) is 23.7. The molecule has 0 atom stereocenters. The number of nitrogens with two attached hydrogens (primary N) is 3. The Kier molecular flexibility index (Phi) is 12.5. The van der Waals surface area contributed by atoms with Crippen molar-refractivity contribution in [3.05, 3.63) is 107 Å². The van der Waals surface area contributed by atoms with Crippen molar-refractivity contribution in [2.75, 3.05) is 22.6 Å². The Bertz CT molecular complexity index is 2580. The molecule has 0 aliphatic heterocycles. The summed E-state index contributed by atoms with van der Waals surface area (Å²) in [5, 5.41) is 21.3. The Hall–Kier alpha value is -4.34. The van der Waals surface area contributed by atoms with Gasteiger partial charge in [0.05, 0.1) is 38.2 Å². The topological polar surface area (TPSA) is 283 Å². The van der Waals surface area contributed by atoms with Crippen LogP contribution in [0.4, 0.5) is 45.5 Å². The van der Waals surface area contributed by atoms with Gasteiger partial charge in [0.15, 0.2) is 0 Å². The minimum atomic E-state index is -5.12. The average molecular weight is 756 g/mol. The molecule has 0 bridgehead atoms. The van der Waals surface area contributed by atoms with Crippen LogP contribution in [0.2, 0.25) is 0 Å². The van der Waals surface area contributed by atoms with E-state index < -0.39 is 41.5 Å². The summed E-state index contributed by atoms with van der Waals surface area (Å²) in [6, 6.07) is 21.8. The molecule has 0 amide bonds. The number of carbonyl (C=O) groups excluding carboxylic acids is 1.